The SMILES string of the molecule is C[C@H]1CCCC[C@@H]1NC(=O)Cn1nnc(-c2ccc(N(C)C)cc2)n1. The van der Waals surface area contributed by atoms with Crippen LogP contribution in [-0.4, -0.2) is 46.3 Å². The summed E-state index contributed by atoms with van der Waals surface area (Å²) in [5.41, 5.74) is 2.00. The molecule has 25 heavy (non-hydrogen) atoms. The summed E-state index contributed by atoms with van der Waals surface area (Å²) in [5.74, 6) is 1.02. The molecule has 2 atom stereocenters. The molecule has 1 aromatic heterocycles. The molecule has 7 heteroatoms. The lowest BCUT2D eigenvalue weighted by Crippen LogP contribution is -2.42. The van der Waals surface area contributed by atoms with Crippen LogP contribution in [0.1, 0.15) is 32.6 Å². The minimum Gasteiger partial charge on any atom is -0.378 e. The van der Waals surface area contributed by atoms with Crippen molar-refractivity contribution in [2.24, 2.45) is 5.92 Å². The lowest BCUT2D eigenvalue weighted by molar-refractivity contribution is -0.123. The predicted molar refractivity (Wildman–Crippen MR) is 97.1 cm³/mol. The second-order valence-corrected chi connectivity index (χ2v) is 7.02. The van der Waals surface area contributed by atoms with E-state index in [1.807, 2.05) is 43.3 Å². The van der Waals surface area contributed by atoms with Crippen LogP contribution in [0.25, 0.3) is 11.4 Å². The van der Waals surface area contributed by atoms with Crippen LogP contribution in [0.5, 0.6) is 0 Å². The predicted octanol–water partition coefficient (Wildman–Crippen LogP) is 2.10. The van der Waals surface area contributed by atoms with E-state index in [0.717, 1.165) is 17.7 Å². The molecular formula is C18H26N6O. The van der Waals surface area contributed by atoms with Crippen LogP contribution in [-0.2, 0) is 11.3 Å². The van der Waals surface area contributed by atoms with Crippen LogP contribution >= 0.6 is 0 Å². The Hall–Kier alpha value is -2.44. The topological polar surface area (TPSA) is 75.9 Å². The van der Waals surface area contributed by atoms with E-state index >= 15 is 0 Å². The van der Waals surface area contributed by atoms with E-state index in [1.165, 1.54) is 24.1 Å². The number of tetrazole rings is 1. The Kier molecular flexibility index (Phi) is 5.31. The molecule has 0 aliphatic heterocycles. The van der Waals surface area contributed by atoms with Gasteiger partial charge < -0.3 is 10.2 Å². The van der Waals surface area contributed by atoms with E-state index in [-0.39, 0.29) is 18.5 Å². The number of amides is 1. The number of rotatable bonds is 5. The summed E-state index contributed by atoms with van der Waals surface area (Å²) in [6, 6.07) is 8.20. The van der Waals surface area contributed by atoms with Crippen molar-refractivity contribution >= 4 is 11.6 Å². The van der Waals surface area contributed by atoms with E-state index in [1.54, 1.807) is 0 Å². The highest BCUT2D eigenvalue weighted by Gasteiger charge is 2.23. The van der Waals surface area contributed by atoms with Crippen LogP contribution in [0.2, 0.25) is 0 Å². The maximum atomic E-state index is 12.2. The Labute approximate surface area is 148 Å². The fourth-order valence-electron chi connectivity index (χ4n) is 3.25. The van der Waals surface area contributed by atoms with Gasteiger partial charge in [-0.15, -0.1) is 10.2 Å². The number of nitrogens with zero attached hydrogens (tertiary/aromatic N) is 5. The summed E-state index contributed by atoms with van der Waals surface area (Å²) < 4.78 is 0. The molecule has 7 nitrogen and oxygen atoms in total. The summed E-state index contributed by atoms with van der Waals surface area (Å²) in [6.45, 7) is 2.30. The van der Waals surface area contributed by atoms with E-state index in [4.69, 9.17) is 0 Å². The van der Waals surface area contributed by atoms with E-state index in [0.29, 0.717) is 11.7 Å². The number of anilines is 1. The molecule has 0 spiro atoms. The largest absolute Gasteiger partial charge is 0.378 e. The second kappa shape index (κ2) is 7.63. The molecule has 1 aliphatic rings. The van der Waals surface area contributed by atoms with Crippen LogP contribution in [0.15, 0.2) is 24.3 Å². The van der Waals surface area contributed by atoms with Crippen molar-refractivity contribution in [3.63, 3.8) is 0 Å². The molecular weight excluding hydrogens is 316 g/mol. The maximum absolute atomic E-state index is 12.2. The van der Waals surface area contributed by atoms with Crippen LogP contribution in [0, 0.1) is 5.92 Å². The number of nitrogens with one attached hydrogen (secondary N) is 1. The zero-order valence-electron chi connectivity index (χ0n) is 15.1. The molecule has 0 radical (unpaired) electrons. The van der Waals surface area contributed by atoms with Crippen molar-refractivity contribution in [1.29, 1.82) is 0 Å². The molecule has 2 aromatic rings. The third kappa shape index (κ3) is 4.35. The highest BCUT2D eigenvalue weighted by Crippen LogP contribution is 2.23. The van der Waals surface area contributed by atoms with E-state index in [2.05, 4.69) is 27.7 Å². The number of hydrogen-bond acceptors (Lipinski definition) is 5. The number of carbonyl (C=O) groups excluding carboxylic acids is 1. The quantitative estimate of drug-likeness (QED) is 0.900. The standard InChI is InChI=1S/C18H26N6O/c1-13-6-4-5-7-16(13)19-17(25)12-24-21-18(20-22-24)14-8-10-15(11-9-14)23(2)3/h8-11,13,16H,4-7,12H2,1-3H3,(H,19,25)/t13-,16-/m0/s1. The van der Waals surface area contributed by atoms with Crippen molar-refractivity contribution in [2.75, 3.05) is 19.0 Å². The molecule has 1 N–H and O–H groups in total. The highest BCUT2D eigenvalue weighted by molar-refractivity contribution is 5.75. The Morgan fingerprint density at radius 1 is 1.24 bits per heavy atom. The molecule has 1 aliphatic carbocycles. The van der Waals surface area contributed by atoms with Crippen molar-refractivity contribution < 1.29 is 4.79 Å². The first-order chi connectivity index (χ1) is 12.0. The van der Waals surface area contributed by atoms with Crippen molar-refractivity contribution in [3.05, 3.63) is 24.3 Å². The fraction of sp³-hybridized carbons (Fsp3) is 0.556. The highest BCUT2D eigenvalue weighted by atomic mass is 16.2. The Morgan fingerprint density at radius 2 is 1.96 bits per heavy atom. The molecule has 1 saturated carbocycles. The number of hydrogen-bond donors (Lipinski definition) is 1. The number of carbonyl (C=O) groups is 1. The van der Waals surface area contributed by atoms with Gasteiger partial charge in [-0.1, -0.05) is 19.8 Å². The van der Waals surface area contributed by atoms with Gasteiger partial charge in [0.1, 0.15) is 6.54 Å². The van der Waals surface area contributed by atoms with Crippen molar-refractivity contribution in [1.82, 2.24) is 25.5 Å². The van der Waals surface area contributed by atoms with Gasteiger partial charge in [0.15, 0.2) is 0 Å². The van der Waals surface area contributed by atoms with Gasteiger partial charge in [-0.05, 0) is 48.2 Å². The molecule has 1 amide bonds. The Balaban J connectivity index is 1.60. The van der Waals surface area contributed by atoms with Gasteiger partial charge in [-0.2, -0.15) is 4.80 Å². The summed E-state index contributed by atoms with van der Waals surface area (Å²) in [6.07, 6.45) is 4.68. The average molecular weight is 342 g/mol. The Morgan fingerprint density at radius 3 is 2.64 bits per heavy atom. The van der Waals surface area contributed by atoms with E-state index in [9.17, 15) is 4.79 Å². The van der Waals surface area contributed by atoms with Crippen LogP contribution in [0.3, 0.4) is 0 Å². The van der Waals surface area contributed by atoms with Crippen molar-refractivity contribution in [2.45, 2.75) is 45.2 Å². The van der Waals surface area contributed by atoms with Gasteiger partial charge in [0.05, 0.1) is 0 Å². The second-order valence-electron chi connectivity index (χ2n) is 7.02. The van der Waals surface area contributed by atoms with Gasteiger partial charge in [-0.3, -0.25) is 4.79 Å². The lowest BCUT2D eigenvalue weighted by Gasteiger charge is -2.29. The number of benzene rings is 1. The molecule has 1 fully saturated rings. The minimum atomic E-state index is -0.0503. The first kappa shape index (κ1) is 17.4. The molecule has 134 valence electrons. The molecule has 1 heterocycles. The first-order valence-electron chi connectivity index (χ1n) is 8.88. The van der Waals surface area contributed by atoms with E-state index < -0.39 is 0 Å². The fourth-order valence-corrected chi connectivity index (χ4v) is 3.25. The van der Waals surface area contributed by atoms with Gasteiger partial charge in [-0.25, -0.2) is 0 Å². The van der Waals surface area contributed by atoms with Gasteiger partial charge >= 0.3 is 0 Å². The normalized spacial score (nSPS) is 20.3. The summed E-state index contributed by atoms with van der Waals surface area (Å²) in [5, 5.41) is 15.5. The summed E-state index contributed by atoms with van der Waals surface area (Å²) in [4.78, 5) is 15.6. The number of aromatic nitrogens is 4. The van der Waals surface area contributed by atoms with Gasteiger partial charge in [0.25, 0.3) is 0 Å². The maximum Gasteiger partial charge on any atom is 0.243 e. The zero-order valence-corrected chi connectivity index (χ0v) is 15.1. The molecule has 0 bridgehead atoms. The van der Waals surface area contributed by atoms with Crippen LogP contribution < -0.4 is 10.2 Å². The smallest absolute Gasteiger partial charge is 0.243 e. The van der Waals surface area contributed by atoms with Crippen molar-refractivity contribution in [3.8, 4) is 11.4 Å². The minimum absolute atomic E-state index is 0.0503. The molecule has 3 rings (SSSR count). The zero-order chi connectivity index (χ0) is 17.8. The third-order valence-corrected chi connectivity index (χ3v) is 4.84. The van der Waals surface area contributed by atoms with Gasteiger partial charge in [0, 0.05) is 31.4 Å². The first-order valence-corrected chi connectivity index (χ1v) is 8.88. The average Bonchev–Trinajstić information content (AvgIpc) is 3.05. The monoisotopic (exact) mass is 342 g/mol. The Bertz CT molecular complexity index is 709. The third-order valence-electron chi connectivity index (χ3n) is 4.84. The summed E-state index contributed by atoms with van der Waals surface area (Å²) in [7, 11) is 3.99. The summed E-state index contributed by atoms with van der Waals surface area (Å²) >= 11 is 0. The molecule has 1 aromatic carbocycles. The molecule has 0 unspecified atom stereocenters. The van der Waals surface area contributed by atoms with Gasteiger partial charge in [0.2, 0.25) is 11.7 Å². The van der Waals surface area contributed by atoms with Crippen LogP contribution in [0.4, 0.5) is 5.69 Å². The lowest BCUT2D eigenvalue weighted by atomic mass is 9.86. The molecule has 0 saturated heterocycles.